The van der Waals surface area contributed by atoms with E-state index in [0.29, 0.717) is 11.3 Å². The molecular formula is C17H24FNO2. The molecule has 0 atom stereocenters. The van der Waals surface area contributed by atoms with Gasteiger partial charge in [0.2, 0.25) is 0 Å². The second-order valence-corrected chi connectivity index (χ2v) is 6.13. The molecule has 0 unspecified atom stereocenters. The van der Waals surface area contributed by atoms with Crippen LogP contribution in [0.3, 0.4) is 0 Å². The molecule has 0 aromatic heterocycles. The lowest BCUT2D eigenvalue weighted by molar-refractivity contribution is 0.0646. The van der Waals surface area contributed by atoms with Crippen LogP contribution in [0.15, 0.2) is 18.2 Å². The van der Waals surface area contributed by atoms with E-state index in [0.717, 1.165) is 25.9 Å². The van der Waals surface area contributed by atoms with Crippen molar-refractivity contribution in [3.05, 3.63) is 29.6 Å². The number of ether oxygens (including phenoxy) is 1. The van der Waals surface area contributed by atoms with E-state index in [2.05, 4.69) is 4.90 Å². The summed E-state index contributed by atoms with van der Waals surface area (Å²) in [5.74, 6) is -0.0594. The summed E-state index contributed by atoms with van der Waals surface area (Å²) in [6.07, 6.45) is 4.64. The summed E-state index contributed by atoms with van der Waals surface area (Å²) in [4.78, 5) is 15.1. The summed E-state index contributed by atoms with van der Waals surface area (Å²) < 4.78 is 18.7. The van der Waals surface area contributed by atoms with Crippen molar-refractivity contribution in [1.82, 2.24) is 4.90 Å². The van der Waals surface area contributed by atoms with Gasteiger partial charge in [0.25, 0.3) is 0 Å². The van der Waals surface area contributed by atoms with Crippen LogP contribution < -0.4 is 4.74 Å². The quantitative estimate of drug-likeness (QED) is 0.793. The van der Waals surface area contributed by atoms with E-state index in [9.17, 15) is 9.18 Å². The monoisotopic (exact) mass is 293 g/mol. The number of carbonyl (C=O) groups excluding carboxylic acids is 1. The van der Waals surface area contributed by atoms with Gasteiger partial charge in [-0.05, 0) is 58.0 Å². The Labute approximate surface area is 126 Å². The minimum Gasteiger partial charge on any atom is -0.496 e. The Morgan fingerprint density at radius 2 is 1.81 bits per heavy atom. The number of methoxy groups -OCH3 is 1. The molecule has 116 valence electrons. The average molecular weight is 293 g/mol. The van der Waals surface area contributed by atoms with Crippen LogP contribution in [-0.4, -0.2) is 36.4 Å². The van der Waals surface area contributed by atoms with Crippen molar-refractivity contribution in [2.45, 2.75) is 45.1 Å². The Morgan fingerprint density at radius 3 is 2.38 bits per heavy atom. The van der Waals surface area contributed by atoms with Crippen LogP contribution in [0.5, 0.6) is 5.75 Å². The minimum absolute atomic E-state index is 0.0826. The molecule has 2 rings (SSSR count). The van der Waals surface area contributed by atoms with Gasteiger partial charge in [-0.2, -0.15) is 0 Å². The molecule has 0 saturated carbocycles. The average Bonchev–Trinajstić information content (AvgIpc) is 2.76. The van der Waals surface area contributed by atoms with Crippen LogP contribution in [0.1, 0.15) is 49.9 Å². The van der Waals surface area contributed by atoms with Gasteiger partial charge >= 0.3 is 0 Å². The number of Topliss-reactive ketones (excluding diaryl/α,β-unsaturated/α-hetero) is 1. The highest BCUT2D eigenvalue weighted by Crippen LogP contribution is 2.29. The maximum Gasteiger partial charge on any atom is 0.186 e. The predicted molar refractivity (Wildman–Crippen MR) is 81.4 cm³/mol. The van der Waals surface area contributed by atoms with Crippen molar-refractivity contribution in [3.63, 3.8) is 0 Å². The Bertz CT molecular complexity index is 506. The third-order valence-corrected chi connectivity index (χ3v) is 4.36. The number of ketones is 1. The van der Waals surface area contributed by atoms with Gasteiger partial charge in [-0.3, -0.25) is 9.69 Å². The molecule has 21 heavy (non-hydrogen) atoms. The van der Waals surface area contributed by atoms with E-state index < -0.39 is 11.4 Å². The SMILES string of the molecule is COc1ccc(F)cc1C(=O)C(C)(C)N1CCCCCC1. The Kier molecular flexibility index (Phi) is 4.99. The summed E-state index contributed by atoms with van der Waals surface area (Å²) in [5.41, 5.74) is -0.322. The fourth-order valence-electron chi connectivity index (χ4n) is 2.96. The molecule has 0 N–H and O–H groups in total. The summed E-state index contributed by atoms with van der Waals surface area (Å²) in [6, 6.07) is 4.11. The van der Waals surface area contributed by atoms with E-state index in [1.54, 1.807) is 0 Å². The van der Waals surface area contributed by atoms with Crippen LogP contribution in [0.4, 0.5) is 4.39 Å². The van der Waals surface area contributed by atoms with Crippen molar-refractivity contribution in [2.75, 3.05) is 20.2 Å². The third kappa shape index (κ3) is 3.43. The summed E-state index contributed by atoms with van der Waals surface area (Å²) in [7, 11) is 1.50. The Hall–Kier alpha value is -1.42. The van der Waals surface area contributed by atoms with Crippen molar-refractivity contribution in [2.24, 2.45) is 0 Å². The summed E-state index contributed by atoms with van der Waals surface area (Å²) in [5, 5.41) is 0. The summed E-state index contributed by atoms with van der Waals surface area (Å²) in [6.45, 7) is 5.67. The maximum absolute atomic E-state index is 13.5. The van der Waals surface area contributed by atoms with Crippen molar-refractivity contribution >= 4 is 5.78 Å². The number of hydrogen-bond acceptors (Lipinski definition) is 3. The molecular weight excluding hydrogens is 269 g/mol. The minimum atomic E-state index is -0.647. The number of likely N-dealkylation sites (tertiary alicyclic amines) is 1. The Balaban J connectivity index is 2.30. The zero-order valence-corrected chi connectivity index (χ0v) is 13.1. The molecule has 0 aliphatic carbocycles. The number of rotatable bonds is 4. The third-order valence-electron chi connectivity index (χ3n) is 4.36. The fourth-order valence-corrected chi connectivity index (χ4v) is 2.96. The molecule has 1 aromatic carbocycles. The van der Waals surface area contributed by atoms with E-state index in [1.807, 2.05) is 13.8 Å². The normalized spacial score (nSPS) is 17.3. The van der Waals surface area contributed by atoms with Gasteiger partial charge in [-0.15, -0.1) is 0 Å². The van der Waals surface area contributed by atoms with Gasteiger partial charge in [0.15, 0.2) is 5.78 Å². The summed E-state index contributed by atoms with van der Waals surface area (Å²) >= 11 is 0. The molecule has 1 aromatic rings. The molecule has 1 saturated heterocycles. The molecule has 0 spiro atoms. The molecule has 1 fully saturated rings. The zero-order valence-electron chi connectivity index (χ0n) is 13.1. The first-order chi connectivity index (χ1) is 9.96. The van der Waals surface area contributed by atoms with Crippen LogP contribution in [0, 0.1) is 5.82 Å². The largest absolute Gasteiger partial charge is 0.496 e. The van der Waals surface area contributed by atoms with Gasteiger partial charge in [-0.1, -0.05) is 12.8 Å². The van der Waals surface area contributed by atoms with Gasteiger partial charge in [-0.25, -0.2) is 4.39 Å². The molecule has 0 radical (unpaired) electrons. The van der Waals surface area contributed by atoms with E-state index in [-0.39, 0.29) is 5.78 Å². The molecule has 1 heterocycles. The predicted octanol–water partition coefficient (Wildman–Crippen LogP) is 3.67. The van der Waals surface area contributed by atoms with Crippen molar-refractivity contribution < 1.29 is 13.9 Å². The maximum atomic E-state index is 13.5. The van der Waals surface area contributed by atoms with E-state index >= 15 is 0 Å². The molecule has 0 bridgehead atoms. The van der Waals surface area contributed by atoms with Gasteiger partial charge in [0, 0.05) is 0 Å². The van der Waals surface area contributed by atoms with Gasteiger partial charge in [0.05, 0.1) is 18.2 Å². The number of nitrogens with zero attached hydrogens (tertiary/aromatic N) is 1. The first kappa shape index (κ1) is 16.0. The molecule has 4 heteroatoms. The number of carbonyl (C=O) groups is 1. The molecule has 3 nitrogen and oxygen atoms in total. The first-order valence-electron chi connectivity index (χ1n) is 7.60. The highest BCUT2D eigenvalue weighted by Gasteiger charge is 2.36. The topological polar surface area (TPSA) is 29.5 Å². The highest BCUT2D eigenvalue weighted by atomic mass is 19.1. The van der Waals surface area contributed by atoms with Crippen molar-refractivity contribution in [1.29, 1.82) is 0 Å². The first-order valence-corrected chi connectivity index (χ1v) is 7.60. The Morgan fingerprint density at radius 1 is 1.19 bits per heavy atom. The number of hydrogen-bond donors (Lipinski definition) is 0. The molecule has 1 aliphatic rings. The van der Waals surface area contributed by atoms with Gasteiger partial charge in [0.1, 0.15) is 11.6 Å². The second-order valence-electron chi connectivity index (χ2n) is 6.13. The smallest absolute Gasteiger partial charge is 0.186 e. The van der Waals surface area contributed by atoms with E-state index in [4.69, 9.17) is 4.74 Å². The number of benzene rings is 1. The van der Waals surface area contributed by atoms with Crippen LogP contribution >= 0.6 is 0 Å². The molecule has 0 amide bonds. The number of halogens is 1. The zero-order chi connectivity index (χ0) is 15.5. The van der Waals surface area contributed by atoms with Crippen LogP contribution in [0.2, 0.25) is 0 Å². The lowest BCUT2D eigenvalue weighted by Crippen LogP contribution is -2.50. The van der Waals surface area contributed by atoms with Gasteiger partial charge < -0.3 is 4.74 Å². The standard InChI is InChI=1S/C17H24FNO2/c1-17(2,19-10-6-4-5-7-11-19)16(20)14-12-13(18)8-9-15(14)21-3/h8-9,12H,4-7,10-11H2,1-3H3. The van der Waals surface area contributed by atoms with Crippen molar-refractivity contribution in [3.8, 4) is 5.75 Å². The lowest BCUT2D eigenvalue weighted by Gasteiger charge is -2.36. The fraction of sp³-hybridized carbons (Fsp3) is 0.588. The highest BCUT2D eigenvalue weighted by molar-refractivity contribution is 6.04. The lowest BCUT2D eigenvalue weighted by atomic mass is 9.90. The second kappa shape index (κ2) is 6.56. The molecule has 1 aliphatic heterocycles. The van der Waals surface area contributed by atoms with E-state index in [1.165, 1.54) is 38.2 Å². The van der Waals surface area contributed by atoms with Crippen LogP contribution in [-0.2, 0) is 0 Å². The van der Waals surface area contributed by atoms with Crippen LogP contribution in [0.25, 0.3) is 0 Å².